The molecule has 9 heteroatoms. The van der Waals surface area contributed by atoms with E-state index < -0.39 is 16.1 Å². The lowest BCUT2D eigenvalue weighted by molar-refractivity contribution is -0.140. The Morgan fingerprint density at radius 3 is 2.31 bits per heavy atom. The molecule has 0 aliphatic heterocycles. The molecule has 0 aliphatic carbocycles. The van der Waals surface area contributed by atoms with E-state index in [0.717, 1.165) is 22.9 Å². The zero-order valence-corrected chi connectivity index (χ0v) is 23.2. The average molecular weight is 518 g/mol. The van der Waals surface area contributed by atoms with Gasteiger partial charge in [-0.25, -0.2) is 8.42 Å². The third-order valence-electron chi connectivity index (χ3n) is 6.02. The van der Waals surface area contributed by atoms with E-state index in [1.165, 1.54) is 9.21 Å². The summed E-state index contributed by atoms with van der Waals surface area (Å²) in [5.41, 5.74) is 3.47. The van der Waals surface area contributed by atoms with Crippen LogP contribution >= 0.6 is 0 Å². The number of amides is 2. The molecule has 198 valence electrons. The van der Waals surface area contributed by atoms with Crippen LogP contribution in [0.1, 0.15) is 50.3 Å². The topological polar surface area (TPSA) is 96.0 Å². The molecule has 2 amide bonds. The van der Waals surface area contributed by atoms with E-state index in [1.54, 1.807) is 20.1 Å². The number of nitrogens with zero attached hydrogens (tertiary/aromatic N) is 2. The van der Waals surface area contributed by atoms with Crippen LogP contribution in [-0.4, -0.2) is 57.1 Å². The smallest absolute Gasteiger partial charge is 0.242 e. The van der Waals surface area contributed by atoms with Crippen molar-refractivity contribution in [2.75, 3.05) is 24.2 Å². The normalized spacial score (nSPS) is 12.2. The van der Waals surface area contributed by atoms with Gasteiger partial charge >= 0.3 is 0 Å². The highest BCUT2D eigenvalue weighted by atomic mass is 32.2. The first-order valence-corrected chi connectivity index (χ1v) is 14.0. The molecule has 0 aromatic heterocycles. The van der Waals surface area contributed by atoms with Crippen LogP contribution in [-0.2, 0) is 26.2 Å². The molecule has 2 aromatic rings. The summed E-state index contributed by atoms with van der Waals surface area (Å²) in [7, 11) is -1.96. The fourth-order valence-electron chi connectivity index (χ4n) is 3.84. The van der Waals surface area contributed by atoms with Gasteiger partial charge in [0.1, 0.15) is 11.8 Å². The Bertz CT molecular complexity index is 1160. The molecule has 0 radical (unpaired) electrons. The van der Waals surface area contributed by atoms with Crippen molar-refractivity contribution in [3.8, 4) is 5.75 Å². The summed E-state index contributed by atoms with van der Waals surface area (Å²) in [5, 5.41) is 2.87. The van der Waals surface area contributed by atoms with E-state index in [-0.39, 0.29) is 37.4 Å². The van der Waals surface area contributed by atoms with Crippen molar-refractivity contribution in [3.63, 3.8) is 0 Å². The maximum absolute atomic E-state index is 13.3. The highest BCUT2D eigenvalue weighted by molar-refractivity contribution is 7.92. The number of carbonyl (C=O) groups is 2. The van der Waals surface area contributed by atoms with Gasteiger partial charge in [0.15, 0.2) is 0 Å². The van der Waals surface area contributed by atoms with Crippen molar-refractivity contribution >= 4 is 27.5 Å². The highest BCUT2D eigenvalue weighted by Gasteiger charge is 2.27. The summed E-state index contributed by atoms with van der Waals surface area (Å²) >= 11 is 0. The van der Waals surface area contributed by atoms with Crippen LogP contribution in [0, 0.1) is 13.8 Å². The molecule has 0 heterocycles. The second-order valence-electron chi connectivity index (χ2n) is 9.42. The predicted octanol–water partition coefficient (Wildman–Crippen LogP) is 3.80. The number of aryl methyl sites for hydroxylation is 2. The molecule has 0 saturated heterocycles. The number of methoxy groups -OCH3 is 1. The monoisotopic (exact) mass is 517 g/mol. The summed E-state index contributed by atoms with van der Waals surface area (Å²) in [4.78, 5) is 27.6. The Kier molecular flexibility index (Phi) is 10.3. The Balaban J connectivity index is 2.20. The van der Waals surface area contributed by atoms with Gasteiger partial charge in [-0.1, -0.05) is 18.2 Å². The number of ether oxygens (including phenoxy) is 1. The van der Waals surface area contributed by atoms with Gasteiger partial charge in [0, 0.05) is 25.6 Å². The molecule has 8 nitrogen and oxygen atoms in total. The minimum Gasteiger partial charge on any atom is -0.497 e. The highest BCUT2D eigenvalue weighted by Crippen LogP contribution is 2.22. The quantitative estimate of drug-likeness (QED) is 0.462. The summed E-state index contributed by atoms with van der Waals surface area (Å²) in [6.45, 7) is 9.73. The van der Waals surface area contributed by atoms with Gasteiger partial charge in [-0.05, 0) is 82.0 Å². The number of hydrogen-bond donors (Lipinski definition) is 1. The fraction of sp³-hybridized carbons (Fsp3) is 0.481. The summed E-state index contributed by atoms with van der Waals surface area (Å²) in [6.07, 6.45) is 1.57. The van der Waals surface area contributed by atoms with Crippen molar-refractivity contribution in [2.24, 2.45) is 0 Å². The van der Waals surface area contributed by atoms with Crippen LogP contribution in [0.5, 0.6) is 5.75 Å². The van der Waals surface area contributed by atoms with Crippen LogP contribution in [0.15, 0.2) is 42.5 Å². The number of nitrogens with one attached hydrogen (secondary N) is 1. The molecule has 0 unspecified atom stereocenters. The Hall–Kier alpha value is -3.07. The SMILES string of the molecule is COc1cccc(CN(C(=O)CCCN(c2ccc(C)c(C)c2)S(C)(=O)=O)[C@@H](C)C(=O)NC(C)C)c1. The molecule has 1 N–H and O–H groups in total. The summed E-state index contributed by atoms with van der Waals surface area (Å²) in [5.74, 6) is 0.197. The lowest BCUT2D eigenvalue weighted by atomic mass is 10.1. The first kappa shape index (κ1) is 29.2. The van der Waals surface area contributed by atoms with Crippen LogP contribution < -0.4 is 14.4 Å². The van der Waals surface area contributed by atoms with Crippen LogP contribution in [0.25, 0.3) is 0 Å². The zero-order valence-electron chi connectivity index (χ0n) is 22.4. The molecule has 0 saturated carbocycles. The third-order valence-corrected chi connectivity index (χ3v) is 7.21. The number of benzene rings is 2. The van der Waals surface area contributed by atoms with Crippen molar-refractivity contribution in [1.29, 1.82) is 0 Å². The van der Waals surface area contributed by atoms with E-state index in [4.69, 9.17) is 4.74 Å². The first-order valence-electron chi connectivity index (χ1n) is 12.1. The first-order chi connectivity index (χ1) is 16.8. The number of rotatable bonds is 12. The van der Waals surface area contributed by atoms with Gasteiger partial charge in [-0.3, -0.25) is 13.9 Å². The molecule has 0 fully saturated rings. The van der Waals surface area contributed by atoms with Crippen LogP contribution in [0.4, 0.5) is 5.69 Å². The van der Waals surface area contributed by atoms with Gasteiger partial charge in [0.2, 0.25) is 21.8 Å². The summed E-state index contributed by atoms with van der Waals surface area (Å²) < 4.78 is 31.6. The molecule has 0 spiro atoms. The Morgan fingerprint density at radius 2 is 1.72 bits per heavy atom. The number of anilines is 1. The average Bonchev–Trinajstić information content (AvgIpc) is 2.80. The van der Waals surface area contributed by atoms with Crippen molar-refractivity contribution < 1.29 is 22.7 Å². The number of hydrogen-bond acceptors (Lipinski definition) is 5. The summed E-state index contributed by atoms with van der Waals surface area (Å²) in [6, 6.07) is 12.1. The lowest BCUT2D eigenvalue weighted by Crippen LogP contribution is -2.49. The van der Waals surface area contributed by atoms with Crippen LogP contribution in [0.3, 0.4) is 0 Å². The Morgan fingerprint density at radius 1 is 1.03 bits per heavy atom. The van der Waals surface area contributed by atoms with Gasteiger partial charge in [0.25, 0.3) is 0 Å². The zero-order chi connectivity index (χ0) is 27.0. The van der Waals surface area contributed by atoms with E-state index in [1.807, 2.05) is 64.1 Å². The largest absolute Gasteiger partial charge is 0.497 e. The molecule has 1 atom stereocenters. The molecule has 0 bridgehead atoms. The van der Waals surface area contributed by atoms with Crippen molar-refractivity contribution in [2.45, 2.75) is 66.1 Å². The van der Waals surface area contributed by atoms with Crippen molar-refractivity contribution in [1.82, 2.24) is 10.2 Å². The second-order valence-corrected chi connectivity index (χ2v) is 11.3. The maximum Gasteiger partial charge on any atom is 0.242 e. The molecular formula is C27H39N3O5S. The predicted molar refractivity (Wildman–Crippen MR) is 144 cm³/mol. The molecule has 0 aliphatic rings. The van der Waals surface area contributed by atoms with Crippen molar-refractivity contribution in [3.05, 3.63) is 59.2 Å². The van der Waals surface area contributed by atoms with Gasteiger partial charge in [-0.15, -0.1) is 0 Å². The van der Waals surface area contributed by atoms with E-state index >= 15 is 0 Å². The van der Waals surface area contributed by atoms with E-state index in [2.05, 4.69) is 5.32 Å². The minimum atomic E-state index is -3.53. The lowest BCUT2D eigenvalue weighted by Gasteiger charge is -2.30. The number of sulfonamides is 1. The number of carbonyl (C=O) groups excluding carboxylic acids is 2. The van der Waals surface area contributed by atoms with Gasteiger partial charge in [0.05, 0.1) is 19.1 Å². The van der Waals surface area contributed by atoms with E-state index in [0.29, 0.717) is 17.9 Å². The molecule has 2 aromatic carbocycles. The van der Waals surface area contributed by atoms with E-state index in [9.17, 15) is 18.0 Å². The standard InChI is InChI=1S/C27H39N3O5S/c1-19(2)28-27(32)22(5)29(18-23-10-8-11-25(17-23)35-6)26(31)12-9-15-30(36(7,33)34)24-14-13-20(3)21(4)16-24/h8,10-11,13-14,16-17,19,22H,9,12,15,18H2,1-7H3,(H,28,32)/t22-/m0/s1. The fourth-order valence-corrected chi connectivity index (χ4v) is 4.80. The van der Waals surface area contributed by atoms with Gasteiger partial charge < -0.3 is 15.0 Å². The molecule has 36 heavy (non-hydrogen) atoms. The molecule has 2 rings (SSSR count). The minimum absolute atomic E-state index is 0.0602. The maximum atomic E-state index is 13.3. The molecular weight excluding hydrogens is 478 g/mol. The Labute approximate surface area is 215 Å². The third kappa shape index (κ3) is 8.26. The van der Waals surface area contributed by atoms with Gasteiger partial charge in [-0.2, -0.15) is 0 Å². The second kappa shape index (κ2) is 12.8. The van der Waals surface area contributed by atoms with Crippen LogP contribution in [0.2, 0.25) is 0 Å².